The topological polar surface area (TPSA) is 67.4 Å². The lowest BCUT2D eigenvalue weighted by atomic mass is 10.0. The zero-order chi connectivity index (χ0) is 19.3. The van der Waals surface area contributed by atoms with Crippen LogP contribution in [0.4, 0.5) is 0 Å². The van der Waals surface area contributed by atoms with Crippen molar-refractivity contribution in [2.75, 3.05) is 65.8 Å². The first kappa shape index (κ1) is 22.4. The second-order valence-electron chi connectivity index (χ2n) is 7.67. The summed E-state index contributed by atoms with van der Waals surface area (Å²) < 4.78 is 16.8. The summed E-state index contributed by atoms with van der Waals surface area (Å²) in [5.74, 6) is 1.47. The molecule has 0 aliphatic carbocycles. The van der Waals surface area contributed by atoms with E-state index in [0.29, 0.717) is 18.1 Å². The van der Waals surface area contributed by atoms with E-state index in [1.54, 1.807) is 0 Å². The summed E-state index contributed by atoms with van der Waals surface area (Å²) in [5.41, 5.74) is 0. The highest BCUT2D eigenvalue weighted by Crippen LogP contribution is 2.13. The van der Waals surface area contributed by atoms with E-state index in [-0.39, 0.29) is 0 Å². The number of aliphatic imine (C=N–C) groups is 1. The second-order valence-corrected chi connectivity index (χ2v) is 7.67. The van der Waals surface area contributed by atoms with Crippen LogP contribution in [0.5, 0.6) is 0 Å². The second kappa shape index (κ2) is 13.3. The van der Waals surface area contributed by atoms with Gasteiger partial charge in [-0.2, -0.15) is 0 Å². The van der Waals surface area contributed by atoms with Gasteiger partial charge in [0.25, 0.3) is 0 Å². The highest BCUT2D eigenvalue weighted by atomic mass is 16.5. The van der Waals surface area contributed by atoms with Crippen molar-refractivity contribution in [3.63, 3.8) is 0 Å². The minimum absolute atomic E-state index is 0.310. The van der Waals surface area contributed by atoms with E-state index < -0.39 is 0 Å². The minimum Gasteiger partial charge on any atom is -0.379 e. The third-order valence-electron chi connectivity index (χ3n) is 5.15. The highest BCUT2D eigenvalue weighted by molar-refractivity contribution is 5.79. The fourth-order valence-corrected chi connectivity index (χ4v) is 3.56. The molecule has 0 aromatic carbocycles. The normalized spacial score (nSPS) is 23.0. The van der Waals surface area contributed by atoms with Gasteiger partial charge in [-0.05, 0) is 32.1 Å². The minimum atomic E-state index is 0.310. The van der Waals surface area contributed by atoms with Crippen LogP contribution in [0.3, 0.4) is 0 Å². The SMILES string of the molecule is CCNC(=NCC(C(C)C)N1CCOCC1)NCCCOCC1CCCO1. The van der Waals surface area contributed by atoms with Gasteiger partial charge in [-0.15, -0.1) is 0 Å². The third kappa shape index (κ3) is 8.77. The molecule has 0 spiro atoms. The molecule has 0 saturated carbocycles. The number of hydrogen-bond acceptors (Lipinski definition) is 5. The molecule has 7 nitrogen and oxygen atoms in total. The van der Waals surface area contributed by atoms with Crippen molar-refractivity contribution in [3.05, 3.63) is 0 Å². The molecule has 2 fully saturated rings. The molecular formula is C20H40N4O3. The Kier molecular flexibility index (Phi) is 11.0. The first-order chi connectivity index (χ1) is 13.2. The van der Waals surface area contributed by atoms with Gasteiger partial charge in [0.1, 0.15) is 0 Å². The Morgan fingerprint density at radius 2 is 2.04 bits per heavy atom. The summed E-state index contributed by atoms with van der Waals surface area (Å²) in [6.07, 6.45) is 3.58. The number of hydrogen-bond donors (Lipinski definition) is 2. The molecule has 2 atom stereocenters. The fourth-order valence-electron chi connectivity index (χ4n) is 3.56. The van der Waals surface area contributed by atoms with Gasteiger partial charge in [0.2, 0.25) is 0 Å². The summed E-state index contributed by atoms with van der Waals surface area (Å²) >= 11 is 0. The monoisotopic (exact) mass is 384 g/mol. The maximum Gasteiger partial charge on any atom is 0.191 e. The number of ether oxygens (including phenoxy) is 3. The third-order valence-corrected chi connectivity index (χ3v) is 5.15. The van der Waals surface area contributed by atoms with Crippen LogP contribution in [0.2, 0.25) is 0 Å². The van der Waals surface area contributed by atoms with Gasteiger partial charge in [0.15, 0.2) is 5.96 Å². The predicted molar refractivity (Wildman–Crippen MR) is 109 cm³/mol. The highest BCUT2D eigenvalue weighted by Gasteiger charge is 2.23. The van der Waals surface area contributed by atoms with Gasteiger partial charge in [-0.1, -0.05) is 13.8 Å². The summed E-state index contributed by atoms with van der Waals surface area (Å²) in [4.78, 5) is 7.36. The van der Waals surface area contributed by atoms with Gasteiger partial charge in [-0.3, -0.25) is 9.89 Å². The summed E-state index contributed by atoms with van der Waals surface area (Å²) in [5, 5.41) is 6.78. The van der Waals surface area contributed by atoms with Gasteiger partial charge in [0, 0.05) is 45.4 Å². The lowest BCUT2D eigenvalue weighted by Gasteiger charge is -2.36. The summed E-state index contributed by atoms with van der Waals surface area (Å²) in [6, 6.07) is 0.458. The first-order valence-electron chi connectivity index (χ1n) is 10.7. The molecular weight excluding hydrogens is 344 g/mol. The number of guanidine groups is 1. The molecule has 2 rings (SSSR count). The molecule has 7 heteroatoms. The average Bonchev–Trinajstić information content (AvgIpc) is 3.18. The Morgan fingerprint density at radius 3 is 2.70 bits per heavy atom. The Balaban J connectivity index is 1.68. The molecule has 158 valence electrons. The molecule has 2 aliphatic rings. The van der Waals surface area contributed by atoms with Crippen molar-refractivity contribution in [2.24, 2.45) is 10.9 Å². The smallest absolute Gasteiger partial charge is 0.191 e. The molecule has 2 aliphatic heterocycles. The number of nitrogens with zero attached hydrogens (tertiary/aromatic N) is 2. The average molecular weight is 385 g/mol. The molecule has 0 radical (unpaired) electrons. The molecule has 0 aromatic heterocycles. The van der Waals surface area contributed by atoms with Crippen molar-refractivity contribution in [1.82, 2.24) is 15.5 Å². The van der Waals surface area contributed by atoms with Gasteiger partial charge < -0.3 is 24.8 Å². The maximum absolute atomic E-state index is 5.72. The van der Waals surface area contributed by atoms with Crippen molar-refractivity contribution in [2.45, 2.75) is 52.2 Å². The van der Waals surface area contributed by atoms with Crippen molar-refractivity contribution >= 4 is 5.96 Å². The predicted octanol–water partition coefficient (Wildman–Crippen LogP) is 1.48. The Morgan fingerprint density at radius 1 is 1.22 bits per heavy atom. The molecule has 2 N–H and O–H groups in total. The van der Waals surface area contributed by atoms with Gasteiger partial charge in [0.05, 0.1) is 32.5 Å². The lowest BCUT2D eigenvalue weighted by Crippen LogP contribution is -2.48. The van der Waals surface area contributed by atoms with Crippen LogP contribution in [0.1, 0.15) is 40.0 Å². The zero-order valence-electron chi connectivity index (χ0n) is 17.5. The molecule has 2 heterocycles. The quantitative estimate of drug-likeness (QED) is 0.320. The molecule has 2 saturated heterocycles. The van der Waals surface area contributed by atoms with E-state index >= 15 is 0 Å². The van der Waals surface area contributed by atoms with Crippen LogP contribution in [0.15, 0.2) is 4.99 Å². The van der Waals surface area contributed by atoms with Crippen molar-refractivity contribution in [1.29, 1.82) is 0 Å². The standard InChI is InChI=1S/C20H40N4O3/c1-4-21-20(22-8-6-11-26-16-18-7-5-12-27-18)23-15-19(17(2)3)24-9-13-25-14-10-24/h17-19H,4-16H2,1-3H3,(H2,21,22,23). The maximum atomic E-state index is 5.72. The van der Waals surface area contributed by atoms with E-state index in [9.17, 15) is 0 Å². The van der Waals surface area contributed by atoms with E-state index in [1.165, 1.54) is 6.42 Å². The Bertz CT molecular complexity index is 408. The van der Waals surface area contributed by atoms with Crippen LogP contribution in [-0.2, 0) is 14.2 Å². The van der Waals surface area contributed by atoms with Crippen molar-refractivity contribution in [3.8, 4) is 0 Å². The fraction of sp³-hybridized carbons (Fsp3) is 0.950. The molecule has 0 bridgehead atoms. The number of rotatable bonds is 11. The van der Waals surface area contributed by atoms with E-state index in [1.807, 2.05) is 0 Å². The van der Waals surface area contributed by atoms with Crippen LogP contribution >= 0.6 is 0 Å². The van der Waals surface area contributed by atoms with Gasteiger partial charge in [-0.25, -0.2) is 0 Å². The largest absolute Gasteiger partial charge is 0.379 e. The molecule has 2 unspecified atom stereocenters. The lowest BCUT2D eigenvalue weighted by molar-refractivity contribution is 0.00866. The van der Waals surface area contributed by atoms with E-state index in [0.717, 1.165) is 84.6 Å². The number of morpholine rings is 1. The van der Waals surface area contributed by atoms with Crippen LogP contribution < -0.4 is 10.6 Å². The zero-order valence-corrected chi connectivity index (χ0v) is 17.5. The van der Waals surface area contributed by atoms with Crippen LogP contribution in [0.25, 0.3) is 0 Å². The van der Waals surface area contributed by atoms with E-state index in [4.69, 9.17) is 19.2 Å². The van der Waals surface area contributed by atoms with Crippen molar-refractivity contribution < 1.29 is 14.2 Å². The van der Waals surface area contributed by atoms with E-state index in [2.05, 4.69) is 36.3 Å². The number of nitrogens with one attached hydrogen (secondary N) is 2. The van der Waals surface area contributed by atoms with Crippen LogP contribution in [-0.4, -0.2) is 88.8 Å². The van der Waals surface area contributed by atoms with Crippen LogP contribution in [0, 0.1) is 5.92 Å². The Hall–Kier alpha value is -0.890. The summed E-state index contributed by atoms with van der Waals surface area (Å²) in [6.45, 7) is 15.2. The Labute approximate surface area is 165 Å². The first-order valence-corrected chi connectivity index (χ1v) is 10.7. The van der Waals surface area contributed by atoms with Gasteiger partial charge >= 0.3 is 0 Å². The molecule has 0 amide bonds. The molecule has 0 aromatic rings. The molecule has 27 heavy (non-hydrogen) atoms. The summed E-state index contributed by atoms with van der Waals surface area (Å²) in [7, 11) is 0.